The molecule has 2 saturated heterocycles. The molecule has 2 heterocycles. The van der Waals surface area contributed by atoms with Crippen LogP contribution in [0.1, 0.15) is 25.7 Å². The van der Waals surface area contributed by atoms with Crippen LogP contribution in [0.3, 0.4) is 0 Å². The summed E-state index contributed by atoms with van der Waals surface area (Å²) in [4.78, 5) is 0. The monoisotopic (exact) mass is 325 g/mol. The van der Waals surface area contributed by atoms with Gasteiger partial charge in [0.2, 0.25) is 10.0 Å². The first kappa shape index (κ1) is 13.8. The van der Waals surface area contributed by atoms with Crippen molar-refractivity contribution < 1.29 is 13.2 Å². The summed E-state index contributed by atoms with van der Waals surface area (Å²) in [5.41, 5.74) is 0. The van der Waals surface area contributed by atoms with E-state index in [-0.39, 0.29) is 11.9 Å². The number of sulfonamides is 1. The lowest BCUT2D eigenvalue weighted by atomic mass is 10.0. The van der Waals surface area contributed by atoms with Crippen LogP contribution < -0.4 is 0 Å². The number of halogens is 1. The van der Waals surface area contributed by atoms with Crippen LogP contribution in [0.5, 0.6) is 0 Å². The zero-order valence-electron chi connectivity index (χ0n) is 9.98. The van der Waals surface area contributed by atoms with E-state index in [0.29, 0.717) is 25.6 Å². The molecule has 2 fully saturated rings. The number of hydrogen-bond acceptors (Lipinski definition) is 3. The smallest absolute Gasteiger partial charge is 0.216 e. The Labute approximate surface area is 112 Å². The van der Waals surface area contributed by atoms with Crippen molar-refractivity contribution in [3.8, 4) is 0 Å². The molecule has 0 bridgehead atoms. The van der Waals surface area contributed by atoms with Gasteiger partial charge in [-0.2, -0.15) is 0 Å². The van der Waals surface area contributed by atoms with Gasteiger partial charge < -0.3 is 4.74 Å². The SMILES string of the molecule is O=S(=O)(CC1CCCO1)N1CCC(CBr)CC1. The molecule has 2 rings (SSSR count). The third-order valence-electron chi connectivity index (χ3n) is 3.61. The Kier molecular flexibility index (Phi) is 4.86. The first-order valence-electron chi connectivity index (χ1n) is 6.27. The highest BCUT2D eigenvalue weighted by atomic mass is 79.9. The molecule has 2 aliphatic heterocycles. The van der Waals surface area contributed by atoms with Gasteiger partial charge >= 0.3 is 0 Å². The lowest BCUT2D eigenvalue weighted by Gasteiger charge is -2.30. The Bertz CT molecular complexity index is 333. The lowest BCUT2D eigenvalue weighted by molar-refractivity contribution is 0.126. The molecule has 0 radical (unpaired) electrons. The van der Waals surface area contributed by atoms with Crippen LogP contribution in [-0.4, -0.2) is 49.6 Å². The van der Waals surface area contributed by atoms with Gasteiger partial charge in [-0.1, -0.05) is 15.9 Å². The molecule has 0 aliphatic carbocycles. The van der Waals surface area contributed by atoms with Crippen LogP contribution in [0.4, 0.5) is 0 Å². The second-order valence-corrected chi connectivity index (χ2v) is 7.57. The van der Waals surface area contributed by atoms with E-state index in [2.05, 4.69) is 15.9 Å². The van der Waals surface area contributed by atoms with Crippen LogP contribution in [0.15, 0.2) is 0 Å². The van der Waals surface area contributed by atoms with Gasteiger partial charge in [-0.15, -0.1) is 0 Å². The second-order valence-electron chi connectivity index (χ2n) is 4.91. The maximum absolute atomic E-state index is 12.2. The molecule has 0 aromatic heterocycles. The van der Waals surface area contributed by atoms with Crippen molar-refractivity contribution >= 4 is 26.0 Å². The quantitative estimate of drug-likeness (QED) is 0.737. The molecule has 6 heteroatoms. The van der Waals surface area contributed by atoms with E-state index >= 15 is 0 Å². The predicted octanol–water partition coefficient (Wildman–Crippen LogP) is 1.60. The minimum Gasteiger partial charge on any atom is -0.377 e. The van der Waals surface area contributed by atoms with Gasteiger partial charge in [-0.05, 0) is 31.6 Å². The Balaban J connectivity index is 1.87. The normalized spacial score (nSPS) is 28.6. The molecule has 0 N–H and O–H groups in total. The summed E-state index contributed by atoms with van der Waals surface area (Å²) < 4.78 is 31.4. The fraction of sp³-hybridized carbons (Fsp3) is 1.00. The van der Waals surface area contributed by atoms with E-state index in [4.69, 9.17) is 4.74 Å². The molecule has 0 saturated carbocycles. The molecule has 17 heavy (non-hydrogen) atoms. The summed E-state index contributed by atoms with van der Waals surface area (Å²) in [6.07, 6.45) is 3.74. The van der Waals surface area contributed by atoms with Crippen molar-refractivity contribution in [2.24, 2.45) is 5.92 Å². The van der Waals surface area contributed by atoms with E-state index in [1.54, 1.807) is 4.31 Å². The highest BCUT2D eigenvalue weighted by molar-refractivity contribution is 9.09. The van der Waals surface area contributed by atoms with E-state index in [1.165, 1.54) is 0 Å². The van der Waals surface area contributed by atoms with E-state index < -0.39 is 10.0 Å². The van der Waals surface area contributed by atoms with Gasteiger partial charge in [-0.3, -0.25) is 0 Å². The third kappa shape index (κ3) is 3.66. The van der Waals surface area contributed by atoms with Gasteiger partial charge in [0, 0.05) is 25.0 Å². The summed E-state index contributed by atoms with van der Waals surface area (Å²) in [6.45, 7) is 2.06. The predicted molar refractivity (Wildman–Crippen MR) is 70.9 cm³/mol. The van der Waals surface area contributed by atoms with Gasteiger partial charge in [-0.25, -0.2) is 12.7 Å². The molecule has 1 atom stereocenters. The molecule has 100 valence electrons. The Morgan fingerprint density at radius 1 is 1.24 bits per heavy atom. The minimum absolute atomic E-state index is 0.0751. The maximum Gasteiger partial charge on any atom is 0.216 e. The van der Waals surface area contributed by atoms with Gasteiger partial charge in [0.25, 0.3) is 0 Å². The van der Waals surface area contributed by atoms with Crippen molar-refractivity contribution in [3.63, 3.8) is 0 Å². The number of alkyl halides is 1. The van der Waals surface area contributed by atoms with Crippen LogP contribution in [0.25, 0.3) is 0 Å². The topological polar surface area (TPSA) is 46.6 Å². The van der Waals surface area contributed by atoms with Crippen LogP contribution in [0.2, 0.25) is 0 Å². The molecule has 0 spiro atoms. The molecule has 0 amide bonds. The van der Waals surface area contributed by atoms with Crippen LogP contribution in [-0.2, 0) is 14.8 Å². The van der Waals surface area contributed by atoms with E-state index in [9.17, 15) is 8.42 Å². The molecule has 0 aromatic carbocycles. The average molecular weight is 326 g/mol. The Morgan fingerprint density at radius 2 is 1.94 bits per heavy atom. The van der Waals surface area contributed by atoms with E-state index in [1.807, 2.05) is 0 Å². The molecule has 2 aliphatic rings. The van der Waals surface area contributed by atoms with Crippen molar-refractivity contribution in [1.29, 1.82) is 0 Å². The third-order valence-corrected chi connectivity index (χ3v) is 6.47. The number of rotatable bonds is 4. The fourth-order valence-corrected chi connectivity index (χ4v) is 4.82. The summed E-state index contributed by atoms with van der Waals surface area (Å²) in [5, 5.41) is 0.979. The first-order valence-corrected chi connectivity index (χ1v) is 9.00. The highest BCUT2D eigenvalue weighted by Gasteiger charge is 2.31. The second kappa shape index (κ2) is 5.99. The summed E-state index contributed by atoms with van der Waals surface area (Å²) in [6, 6.07) is 0. The standard InChI is InChI=1S/C11H20BrNO3S/c12-8-10-3-5-13(6-4-10)17(14,15)9-11-2-1-7-16-11/h10-11H,1-9H2. The first-order chi connectivity index (χ1) is 8.12. The summed E-state index contributed by atoms with van der Waals surface area (Å²) >= 11 is 3.46. The summed E-state index contributed by atoms with van der Waals surface area (Å²) in [7, 11) is -3.11. The van der Waals surface area contributed by atoms with Gasteiger partial charge in [0.05, 0.1) is 11.9 Å². The van der Waals surface area contributed by atoms with E-state index in [0.717, 1.165) is 31.0 Å². The molecule has 1 unspecified atom stereocenters. The lowest BCUT2D eigenvalue weighted by Crippen LogP contribution is -2.42. The number of hydrogen-bond donors (Lipinski definition) is 0. The highest BCUT2D eigenvalue weighted by Crippen LogP contribution is 2.23. The molecular weight excluding hydrogens is 306 g/mol. The molecule has 0 aromatic rings. The maximum atomic E-state index is 12.2. The largest absolute Gasteiger partial charge is 0.377 e. The number of piperidine rings is 1. The minimum atomic E-state index is -3.11. The fourth-order valence-electron chi connectivity index (χ4n) is 2.46. The van der Waals surface area contributed by atoms with Crippen molar-refractivity contribution in [3.05, 3.63) is 0 Å². The number of ether oxygens (including phenoxy) is 1. The molecule has 4 nitrogen and oxygen atoms in total. The van der Waals surface area contributed by atoms with Crippen LogP contribution in [0, 0.1) is 5.92 Å². The van der Waals surface area contributed by atoms with Gasteiger partial charge in [0.15, 0.2) is 0 Å². The average Bonchev–Trinajstić information content (AvgIpc) is 2.81. The summed E-state index contributed by atoms with van der Waals surface area (Å²) in [5.74, 6) is 0.801. The van der Waals surface area contributed by atoms with Crippen molar-refractivity contribution in [1.82, 2.24) is 4.31 Å². The zero-order valence-corrected chi connectivity index (χ0v) is 12.4. The Hall–Kier alpha value is 0.350. The van der Waals surface area contributed by atoms with Crippen molar-refractivity contribution in [2.75, 3.05) is 30.8 Å². The van der Waals surface area contributed by atoms with Crippen molar-refractivity contribution in [2.45, 2.75) is 31.8 Å². The van der Waals surface area contributed by atoms with Crippen LogP contribution >= 0.6 is 15.9 Å². The Morgan fingerprint density at radius 3 is 2.47 bits per heavy atom. The molecular formula is C11H20BrNO3S. The number of nitrogens with zero attached hydrogens (tertiary/aromatic N) is 1. The van der Waals surface area contributed by atoms with Gasteiger partial charge in [0.1, 0.15) is 0 Å². The zero-order chi connectivity index (χ0) is 12.3.